The van der Waals surface area contributed by atoms with Crippen LogP contribution in [0.5, 0.6) is 5.75 Å². The van der Waals surface area contributed by atoms with E-state index in [2.05, 4.69) is 9.71 Å². The van der Waals surface area contributed by atoms with Gasteiger partial charge in [-0.25, -0.2) is 22.3 Å². The van der Waals surface area contributed by atoms with E-state index in [4.69, 9.17) is 9.84 Å². The van der Waals surface area contributed by atoms with Crippen molar-refractivity contribution in [1.29, 1.82) is 0 Å². The van der Waals surface area contributed by atoms with Gasteiger partial charge in [-0.05, 0) is 23.8 Å². The van der Waals surface area contributed by atoms with Gasteiger partial charge in [0.15, 0.2) is 6.61 Å². The summed E-state index contributed by atoms with van der Waals surface area (Å²) in [5.74, 6) is -1.57. The molecular formula is C14H13FN2O5S. The monoisotopic (exact) mass is 340 g/mol. The standard InChI is InChI=1S/C14H13FN2O5S/c15-11-5-13(8-16-7-11)23(20,21)17-6-10-2-1-3-12(4-10)22-9-14(18)19/h1-5,7-8,17H,6,9H2,(H,18,19). The molecule has 0 radical (unpaired) electrons. The van der Waals surface area contributed by atoms with Gasteiger partial charge in [-0.15, -0.1) is 0 Å². The first-order chi connectivity index (χ1) is 10.9. The number of carbonyl (C=O) groups is 1. The van der Waals surface area contributed by atoms with Crippen molar-refractivity contribution < 1.29 is 27.4 Å². The Bertz CT molecular complexity index is 810. The molecular weight excluding hydrogens is 327 g/mol. The minimum atomic E-state index is -3.91. The first-order valence-corrected chi connectivity index (χ1v) is 7.89. The SMILES string of the molecule is O=C(O)COc1cccc(CNS(=O)(=O)c2cncc(F)c2)c1. The fourth-order valence-corrected chi connectivity index (χ4v) is 2.68. The quantitative estimate of drug-likeness (QED) is 0.783. The lowest BCUT2D eigenvalue weighted by molar-refractivity contribution is -0.139. The van der Waals surface area contributed by atoms with Gasteiger partial charge in [0.1, 0.15) is 16.5 Å². The third kappa shape index (κ3) is 5.01. The molecule has 9 heteroatoms. The molecule has 0 aliphatic carbocycles. The molecule has 1 aromatic carbocycles. The van der Waals surface area contributed by atoms with E-state index >= 15 is 0 Å². The van der Waals surface area contributed by atoms with E-state index in [9.17, 15) is 17.6 Å². The topological polar surface area (TPSA) is 106 Å². The van der Waals surface area contributed by atoms with Crippen molar-refractivity contribution >= 4 is 16.0 Å². The third-order valence-electron chi connectivity index (χ3n) is 2.72. The van der Waals surface area contributed by atoms with Gasteiger partial charge in [0, 0.05) is 12.7 Å². The number of ether oxygens (including phenoxy) is 1. The summed E-state index contributed by atoms with van der Waals surface area (Å²) < 4.78 is 44.4. The molecule has 23 heavy (non-hydrogen) atoms. The van der Waals surface area contributed by atoms with Crippen LogP contribution in [0.3, 0.4) is 0 Å². The van der Waals surface area contributed by atoms with E-state index in [-0.39, 0.29) is 11.4 Å². The average molecular weight is 340 g/mol. The van der Waals surface area contributed by atoms with Crippen LogP contribution in [0.2, 0.25) is 0 Å². The Kier molecular flexibility index (Phi) is 5.24. The summed E-state index contributed by atoms with van der Waals surface area (Å²) in [5.41, 5.74) is 0.556. The number of benzene rings is 1. The zero-order valence-electron chi connectivity index (χ0n) is 11.8. The number of carboxylic acids is 1. The van der Waals surface area contributed by atoms with Gasteiger partial charge in [-0.2, -0.15) is 0 Å². The van der Waals surface area contributed by atoms with Crippen molar-refractivity contribution in [3.05, 3.63) is 54.1 Å². The number of nitrogens with zero attached hydrogens (tertiary/aromatic N) is 1. The van der Waals surface area contributed by atoms with Crippen LogP contribution in [0.25, 0.3) is 0 Å². The van der Waals surface area contributed by atoms with Crippen LogP contribution in [0.4, 0.5) is 4.39 Å². The van der Waals surface area contributed by atoms with E-state index in [0.717, 1.165) is 18.5 Å². The molecule has 0 atom stereocenters. The number of sulfonamides is 1. The maximum absolute atomic E-state index is 13.0. The van der Waals surface area contributed by atoms with Crippen molar-refractivity contribution in [1.82, 2.24) is 9.71 Å². The molecule has 0 saturated heterocycles. The minimum Gasteiger partial charge on any atom is -0.482 e. The Morgan fingerprint density at radius 3 is 2.78 bits per heavy atom. The molecule has 0 amide bonds. The molecule has 0 saturated carbocycles. The van der Waals surface area contributed by atoms with Crippen LogP contribution >= 0.6 is 0 Å². The molecule has 122 valence electrons. The van der Waals surface area contributed by atoms with Gasteiger partial charge in [0.2, 0.25) is 10.0 Å². The molecule has 0 unspecified atom stereocenters. The highest BCUT2D eigenvalue weighted by molar-refractivity contribution is 7.89. The molecule has 0 spiro atoms. The van der Waals surface area contributed by atoms with Gasteiger partial charge < -0.3 is 9.84 Å². The molecule has 2 N–H and O–H groups in total. The summed E-state index contributed by atoms with van der Waals surface area (Å²) in [4.78, 5) is 13.7. The number of halogens is 1. The lowest BCUT2D eigenvalue weighted by Gasteiger charge is -2.08. The van der Waals surface area contributed by atoms with Gasteiger partial charge >= 0.3 is 5.97 Å². The smallest absolute Gasteiger partial charge is 0.341 e. The fraction of sp³-hybridized carbons (Fsp3) is 0.143. The van der Waals surface area contributed by atoms with Crippen molar-refractivity contribution in [2.24, 2.45) is 0 Å². The molecule has 7 nitrogen and oxygen atoms in total. The van der Waals surface area contributed by atoms with Gasteiger partial charge in [-0.3, -0.25) is 4.98 Å². The third-order valence-corrected chi connectivity index (χ3v) is 4.09. The molecule has 2 aromatic rings. The van der Waals surface area contributed by atoms with Crippen molar-refractivity contribution in [2.75, 3.05) is 6.61 Å². The van der Waals surface area contributed by atoms with Crippen LogP contribution < -0.4 is 9.46 Å². The van der Waals surface area contributed by atoms with Gasteiger partial charge in [0.25, 0.3) is 0 Å². The van der Waals surface area contributed by atoms with E-state index in [1.807, 2.05) is 0 Å². The number of hydrogen-bond acceptors (Lipinski definition) is 5. The summed E-state index contributed by atoms with van der Waals surface area (Å²) in [6.45, 7) is -0.562. The van der Waals surface area contributed by atoms with Crippen molar-refractivity contribution in [3.8, 4) is 5.75 Å². The highest BCUT2D eigenvalue weighted by Crippen LogP contribution is 2.14. The van der Waals surface area contributed by atoms with Crippen LogP contribution in [0.1, 0.15) is 5.56 Å². The van der Waals surface area contributed by atoms with E-state index in [0.29, 0.717) is 11.3 Å². The molecule has 1 aromatic heterocycles. The highest BCUT2D eigenvalue weighted by Gasteiger charge is 2.15. The summed E-state index contributed by atoms with van der Waals surface area (Å²) >= 11 is 0. The molecule has 2 rings (SSSR count). The molecule has 0 aliphatic rings. The average Bonchev–Trinajstić information content (AvgIpc) is 2.51. The predicted octanol–water partition coefficient (Wildman–Crippen LogP) is 1.16. The largest absolute Gasteiger partial charge is 0.482 e. The summed E-state index contributed by atoms with van der Waals surface area (Å²) in [7, 11) is -3.91. The second-order valence-electron chi connectivity index (χ2n) is 4.49. The van der Waals surface area contributed by atoms with Crippen LogP contribution in [0.15, 0.2) is 47.6 Å². The second-order valence-corrected chi connectivity index (χ2v) is 6.26. The zero-order chi connectivity index (χ0) is 16.9. The summed E-state index contributed by atoms with van der Waals surface area (Å²) in [6.07, 6.45) is 1.94. The number of pyridine rings is 1. The second kappa shape index (κ2) is 7.16. The van der Waals surface area contributed by atoms with Gasteiger partial charge in [-0.1, -0.05) is 12.1 Å². The fourth-order valence-electron chi connectivity index (χ4n) is 1.69. The normalized spacial score (nSPS) is 11.2. The molecule has 0 bridgehead atoms. The number of aliphatic carboxylic acids is 1. The number of rotatable bonds is 7. The van der Waals surface area contributed by atoms with E-state index in [1.54, 1.807) is 18.2 Å². The first-order valence-electron chi connectivity index (χ1n) is 6.40. The maximum Gasteiger partial charge on any atom is 0.341 e. The maximum atomic E-state index is 13.0. The molecule has 1 heterocycles. The Morgan fingerprint density at radius 1 is 1.30 bits per heavy atom. The number of nitrogens with one attached hydrogen (secondary N) is 1. The Labute approximate surface area is 131 Å². The zero-order valence-corrected chi connectivity index (χ0v) is 12.6. The Morgan fingerprint density at radius 2 is 2.09 bits per heavy atom. The summed E-state index contributed by atoms with van der Waals surface area (Å²) in [5, 5.41) is 8.55. The highest BCUT2D eigenvalue weighted by atomic mass is 32.2. The lowest BCUT2D eigenvalue weighted by Crippen LogP contribution is -2.23. The predicted molar refractivity (Wildman–Crippen MR) is 77.8 cm³/mol. The Balaban J connectivity index is 2.05. The summed E-state index contributed by atoms with van der Waals surface area (Å²) in [6, 6.07) is 7.17. The number of aromatic nitrogens is 1. The first kappa shape index (κ1) is 16.8. The van der Waals surface area contributed by atoms with Gasteiger partial charge in [0.05, 0.1) is 6.20 Å². The lowest BCUT2D eigenvalue weighted by atomic mass is 10.2. The van der Waals surface area contributed by atoms with Crippen molar-refractivity contribution in [2.45, 2.75) is 11.4 Å². The number of hydrogen-bond donors (Lipinski definition) is 2. The number of carboxylic acid groups (broad SMARTS) is 1. The minimum absolute atomic E-state index is 0.0664. The van der Waals surface area contributed by atoms with Crippen LogP contribution in [-0.4, -0.2) is 31.1 Å². The van der Waals surface area contributed by atoms with Crippen LogP contribution in [0, 0.1) is 5.82 Å². The Hall–Kier alpha value is -2.52. The molecule has 0 aliphatic heterocycles. The van der Waals surface area contributed by atoms with Crippen LogP contribution in [-0.2, 0) is 21.4 Å². The molecule has 0 fully saturated rings. The van der Waals surface area contributed by atoms with E-state index in [1.165, 1.54) is 6.07 Å². The van der Waals surface area contributed by atoms with E-state index < -0.39 is 28.4 Å². The van der Waals surface area contributed by atoms with Crippen molar-refractivity contribution in [3.63, 3.8) is 0 Å².